The lowest BCUT2D eigenvalue weighted by atomic mass is 10.0. The van der Waals surface area contributed by atoms with E-state index in [1.165, 1.54) is 19.3 Å². The molecular formula is C15H26N4. The van der Waals surface area contributed by atoms with E-state index in [9.17, 15) is 0 Å². The Kier molecular flexibility index (Phi) is 4.75. The highest BCUT2D eigenvalue weighted by Gasteiger charge is 2.20. The number of hydrogen-bond donors (Lipinski definition) is 1. The minimum atomic E-state index is 0.487. The van der Waals surface area contributed by atoms with E-state index in [2.05, 4.69) is 43.0 Å². The Morgan fingerprint density at radius 1 is 1.32 bits per heavy atom. The third-order valence-corrected chi connectivity index (χ3v) is 3.66. The van der Waals surface area contributed by atoms with Crippen LogP contribution in [0.25, 0.3) is 0 Å². The number of nitrogens with zero attached hydrogens (tertiary/aromatic N) is 3. The van der Waals surface area contributed by atoms with Gasteiger partial charge in [-0.15, -0.1) is 0 Å². The van der Waals surface area contributed by atoms with Crippen molar-refractivity contribution in [3.63, 3.8) is 0 Å². The molecule has 1 N–H and O–H groups in total. The molecule has 1 aromatic rings. The van der Waals surface area contributed by atoms with Gasteiger partial charge in [0.1, 0.15) is 5.82 Å². The molecule has 106 valence electrons. The van der Waals surface area contributed by atoms with Crippen LogP contribution < -0.4 is 10.2 Å². The summed E-state index contributed by atoms with van der Waals surface area (Å²) in [7, 11) is 2.11. The van der Waals surface area contributed by atoms with E-state index >= 15 is 0 Å². The van der Waals surface area contributed by atoms with E-state index in [0.29, 0.717) is 18.0 Å². The first-order chi connectivity index (χ1) is 9.06. The second-order valence-corrected chi connectivity index (χ2v) is 6.11. The third kappa shape index (κ3) is 4.46. The molecule has 0 amide bonds. The third-order valence-electron chi connectivity index (χ3n) is 3.66. The molecule has 1 fully saturated rings. The van der Waals surface area contributed by atoms with Crippen molar-refractivity contribution in [1.82, 2.24) is 15.3 Å². The average Bonchev–Trinajstić information content (AvgIpc) is 3.19. The molecule has 1 aliphatic carbocycles. The lowest BCUT2D eigenvalue weighted by Crippen LogP contribution is -2.31. The van der Waals surface area contributed by atoms with Crippen LogP contribution >= 0.6 is 0 Å². The summed E-state index contributed by atoms with van der Waals surface area (Å²) < 4.78 is 0. The van der Waals surface area contributed by atoms with Crippen LogP contribution in [0, 0.1) is 5.92 Å². The van der Waals surface area contributed by atoms with Crippen molar-refractivity contribution in [1.29, 1.82) is 0 Å². The zero-order valence-electron chi connectivity index (χ0n) is 12.6. The predicted octanol–water partition coefficient (Wildman–Crippen LogP) is 2.60. The maximum Gasteiger partial charge on any atom is 0.147 e. The van der Waals surface area contributed by atoms with Crippen LogP contribution in [0.3, 0.4) is 0 Å². The monoisotopic (exact) mass is 262 g/mol. The van der Waals surface area contributed by atoms with Crippen molar-refractivity contribution < 1.29 is 0 Å². The standard InChI is InChI=1S/C15H26N4/c1-11(2)7-12(3)19(4)15-10-16-8-14(18-15)9-17-13-5-6-13/h8,10-13,17H,5-7,9H2,1-4H3. The van der Waals surface area contributed by atoms with Crippen LogP contribution in [0.1, 0.15) is 45.7 Å². The molecule has 0 saturated heterocycles. The van der Waals surface area contributed by atoms with E-state index in [4.69, 9.17) is 4.98 Å². The highest BCUT2D eigenvalue weighted by atomic mass is 15.2. The smallest absolute Gasteiger partial charge is 0.147 e. The molecule has 19 heavy (non-hydrogen) atoms. The normalized spacial score (nSPS) is 16.7. The molecule has 0 radical (unpaired) electrons. The quantitative estimate of drug-likeness (QED) is 0.820. The van der Waals surface area contributed by atoms with Crippen LogP contribution in [0.2, 0.25) is 0 Å². The Balaban J connectivity index is 1.95. The maximum absolute atomic E-state index is 4.70. The second-order valence-electron chi connectivity index (χ2n) is 6.11. The summed E-state index contributed by atoms with van der Waals surface area (Å²) in [6, 6.07) is 1.20. The molecule has 0 aliphatic heterocycles. The van der Waals surface area contributed by atoms with E-state index in [1.807, 2.05) is 12.4 Å². The summed E-state index contributed by atoms with van der Waals surface area (Å²) in [5, 5.41) is 3.48. The topological polar surface area (TPSA) is 41.1 Å². The van der Waals surface area contributed by atoms with Gasteiger partial charge in [-0.3, -0.25) is 4.98 Å². The van der Waals surface area contributed by atoms with Crippen molar-refractivity contribution in [2.24, 2.45) is 5.92 Å². The van der Waals surface area contributed by atoms with Gasteiger partial charge in [0.25, 0.3) is 0 Å². The van der Waals surface area contributed by atoms with Gasteiger partial charge in [-0.2, -0.15) is 0 Å². The van der Waals surface area contributed by atoms with Crippen molar-refractivity contribution in [3.05, 3.63) is 18.1 Å². The zero-order valence-corrected chi connectivity index (χ0v) is 12.6. The van der Waals surface area contributed by atoms with Crippen LogP contribution in [-0.4, -0.2) is 29.1 Å². The summed E-state index contributed by atoms with van der Waals surface area (Å²) >= 11 is 0. The van der Waals surface area contributed by atoms with Gasteiger partial charge in [-0.1, -0.05) is 13.8 Å². The van der Waals surface area contributed by atoms with Crippen LogP contribution in [0.5, 0.6) is 0 Å². The molecular weight excluding hydrogens is 236 g/mol. The Morgan fingerprint density at radius 2 is 2.05 bits per heavy atom. The fourth-order valence-corrected chi connectivity index (χ4v) is 2.25. The first-order valence-corrected chi connectivity index (χ1v) is 7.33. The van der Waals surface area contributed by atoms with Gasteiger partial charge in [-0.25, -0.2) is 4.98 Å². The summed E-state index contributed by atoms with van der Waals surface area (Å²) in [6.45, 7) is 7.59. The Hall–Kier alpha value is -1.16. The van der Waals surface area contributed by atoms with Crippen LogP contribution in [-0.2, 0) is 6.54 Å². The summed E-state index contributed by atoms with van der Waals surface area (Å²) in [4.78, 5) is 11.3. The van der Waals surface area contributed by atoms with Gasteiger partial charge < -0.3 is 10.2 Å². The lowest BCUT2D eigenvalue weighted by molar-refractivity contribution is 0.501. The average molecular weight is 262 g/mol. The summed E-state index contributed by atoms with van der Waals surface area (Å²) in [5.41, 5.74) is 1.04. The molecule has 1 aliphatic rings. The number of nitrogens with one attached hydrogen (secondary N) is 1. The fraction of sp³-hybridized carbons (Fsp3) is 0.733. The van der Waals surface area contributed by atoms with E-state index in [0.717, 1.165) is 18.1 Å². The van der Waals surface area contributed by atoms with Gasteiger partial charge in [0.15, 0.2) is 0 Å². The minimum Gasteiger partial charge on any atom is -0.356 e. The molecule has 1 aromatic heterocycles. The van der Waals surface area contributed by atoms with Crippen molar-refractivity contribution in [3.8, 4) is 0 Å². The Bertz CT molecular complexity index is 401. The summed E-state index contributed by atoms with van der Waals surface area (Å²) in [6.07, 6.45) is 7.50. The molecule has 4 heteroatoms. The van der Waals surface area contributed by atoms with Crippen LogP contribution in [0.15, 0.2) is 12.4 Å². The van der Waals surface area contributed by atoms with Gasteiger partial charge >= 0.3 is 0 Å². The number of aromatic nitrogens is 2. The summed E-state index contributed by atoms with van der Waals surface area (Å²) in [5.74, 6) is 1.67. The SMILES string of the molecule is CC(C)CC(C)N(C)c1cncc(CNC2CC2)n1. The molecule has 4 nitrogen and oxygen atoms in total. The minimum absolute atomic E-state index is 0.487. The highest BCUT2D eigenvalue weighted by Crippen LogP contribution is 2.20. The van der Waals surface area contributed by atoms with E-state index in [1.54, 1.807) is 0 Å². The number of anilines is 1. The lowest BCUT2D eigenvalue weighted by Gasteiger charge is -2.27. The molecule has 0 bridgehead atoms. The zero-order chi connectivity index (χ0) is 13.8. The van der Waals surface area contributed by atoms with Crippen molar-refractivity contribution in [2.75, 3.05) is 11.9 Å². The van der Waals surface area contributed by atoms with Gasteiger partial charge in [-0.05, 0) is 32.1 Å². The highest BCUT2D eigenvalue weighted by molar-refractivity contribution is 5.36. The molecule has 1 saturated carbocycles. The molecule has 1 heterocycles. The Labute approximate surface area is 116 Å². The first-order valence-electron chi connectivity index (χ1n) is 7.33. The molecule has 0 aromatic carbocycles. The maximum atomic E-state index is 4.70. The predicted molar refractivity (Wildman–Crippen MR) is 79.2 cm³/mol. The molecule has 2 rings (SSSR count). The van der Waals surface area contributed by atoms with Gasteiger partial charge in [0.05, 0.1) is 11.9 Å². The fourth-order valence-electron chi connectivity index (χ4n) is 2.25. The van der Waals surface area contributed by atoms with E-state index < -0.39 is 0 Å². The second kappa shape index (κ2) is 6.33. The van der Waals surface area contributed by atoms with Gasteiger partial charge in [0.2, 0.25) is 0 Å². The molecule has 1 unspecified atom stereocenters. The Morgan fingerprint density at radius 3 is 2.68 bits per heavy atom. The largest absolute Gasteiger partial charge is 0.356 e. The van der Waals surface area contributed by atoms with Crippen LogP contribution in [0.4, 0.5) is 5.82 Å². The van der Waals surface area contributed by atoms with E-state index in [-0.39, 0.29) is 0 Å². The first kappa shape index (κ1) is 14.3. The van der Waals surface area contributed by atoms with Crippen molar-refractivity contribution >= 4 is 5.82 Å². The number of hydrogen-bond acceptors (Lipinski definition) is 4. The molecule has 0 spiro atoms. The van der Waals surface area contributed by atoms with Gasteiger partial charge in [0, 0.05) is 31.9 Å². The molecule has 1 atom stereocenters. The van der Waals surface area contributed by atoms with Crippen molar-refractivity contribution in [2.45, 2.75) is 58.7 Å². The number of rotatable bonds is 7.